The van der Waals surface area contributed by atoms with Crippen molar-refractivity contribution >= 4 is 22.4 Å². The molecule has 2 N–H and O–H groups in total. The third kappa shape index (κ3) is 3.22. The van der Waals surface area contributed by atoms with Crippen LogP contribution in [0.2, 0.25) is 0 Å². The number of aromatic nitrogens is 1. The summed E-state index contributed by atoms with van der Waals surface area (Å²) in [6, 6.07) is 3.04. The highest BCUT2D eigenvalue weighted by Gasteiger charge is 2.37. The van der Waals surface area contributed by atoms with Crippen LogP contribution >= 0.6 is 12.4 Å². The summed E-state index contributed by atoms with van der Waals surface area (Å²) in [6.45, 7) is 2.90. The summed E-state index contributed by atoms with van der Waals surface area (Å²) < 4.78 is 31.5. The predicted octanol–water partition coefficient (Wildman–Crippen LogP) is 0.870. The van der Waals surface area contributed by atoms with E-state index < -0.39 is 10.0 Å². The molecule has 0 spiro atoms. The lowest BCUT2D eigenvalue weighted by Gasteiger charge is -2.20. The molecule has 0 radical (unpaired) electrons. The Morgan fingerprint density at radius 2 is 2.20 bits per heavy atom. The SMILES string of the molecule is COc1ccc(S(=O)(=O)N2CC(CN)CC2C)cn1.Cl. The van der Waals surface area contributed by atoms with Crippen molar-refractivity contribution in [2.45, 2.75) is 24.3 Å². The normalized spacial score (nSPS) is 23.4. The maximum atomic E-state index is 12.5. The maximum Gasteiger partial charge on any atom is 0.244 e. The Morgan fingerprint density at radius 3 is 2.65 bits per heavy atom. The lowest BCUT2D eigenvalue weighted by atomic mass is 10.1. The minimum Gasteiger partial charge on any atom is -0.481 e. The van der Waals surface area contributed by atoms with Gasteiger partial charge in [-0.15, -0.1) is 12.4 Å². The van der Waals surface area contributed by atoms with E-state index in [1.807, 2.05) is 6.92 Å². The van der Waals surface area contributed by atoms with E-state index in [0.29, 0.717) is 19.0 Å². The van der Waals surface area contributed by atoms with Gasteiger partial charge in [0, 0.05) is 18.7 Å². The average Bonchev–Trinajstić information content (AvgIpc) is 2.81. The summed E-state index contributed by atoms with van der Waals surface area (Å²) in [5, 5.41) is 0. The molecule has 2 unspecified atom stereocenters. The lowest BCUT2D eigenvalue weighted by Crippen LogP contribution is -2.34. The molecule has 2 atom stereocenters. The van der Waals surface area contributed by atoms with Gasteiger partial charge in [-0.3, -0.25) is 0 Å². The molecule has 0 aromatic carbocycles. The number of nitrogens with zero attached hydrogens (tertiary/aromatic N) is 2. The molecule has 114 valence electrons. The molecule has 1 aliphatic rings. The number of halogens is 1. The zero-order valence-electron chi connectivity index (χ0n) is 11.5. The van der Waals surface area contributed by atoms with Crippen LogP contribution in [0.25, 0.3) is 0 Å². The number of ether oxygens (including phenoxy) is 1. The molecule has 6 nitrogen and oxygen atoms in total. The van der Waals surface area contributed by atoms with Gasteiger partial charge in [-0.1, -0.05) is 0 Å². The number of hydrogen-bond acceptors (Lipinski definition) is 5. The first-order chi connectivity index (χ1) is 8.98. The second-order valence-corrected chi connectivity index (χ2v) is 6.69. The Bertz CT molecular complexity index is 535. The Morgan fingerprint density at radius 1 is 1.50 bits per heavy atom. The van der Waals surface area contributed by atoms with Crippen LogP contribution in [0.1, 0.15) is 13.3 Å². The van der Waals surface area contributed by atoms with Gasteiger partial charge in [0.2, 0.25) is 15.9 Å². The van der Waals surface area contributed by atoms with Crippen LogP contribution in [0.4, 0.5) is 0 Å². The van der Waals surface area contributed by atoms with Gasteiger partial charge < -0.3 is 10.5 Å². The molecular formula is C12H20ClN3O3S. The zero-order valence-corrected chi connectivity index (χ0v) is 13.2. The molecule has 1 aromatic rings. The van der Waals surface area contributed by atoms with Crippen molar-refractivity contribution in [1.82, 2.24) is 9.29 Å². The molecule has 1 fully saturated rings. The first-order valence-electron chi connectivity index (χ1n) is 6.21. The largest absolute Gasteiger partial charge is 0.481 e. The third-order valence-corrected chi connectivity index (χ3v) is 5.43. The number of hydrogen-bond donors (Lipinski definition) is 1. The van der Waals surface area contributed by atoms with E-state index in [-0.39, 0.29) is 29.3 Å². The summed E-state index contributed by atoms with van der Waals surface area (Å²) in [7, 11) is -2.01. The molecule has 0 saturated carbocycles. The minimum atomic E-state index is -3.50. The third-order valence-electron chi connectivity index (χ3n) is 3.46. The average molecular weight is 322 g/mol. The second kappa shape index (κ2) is 6.71. The molecule has 2 rings (SSSR count). The van der Waals surface area contributed by atoms with Crippen LogP contribution in [0.5, 0.6) is 5.88 Å². The van der Waals surface area contributed by atoms with Gasteiger partial charge in [-0.25, -0.2) is 13.4 Å². The highest BCUT2D eigenvalue weighted by Crippen LogP contribution is 2.28. The molecule has 8 heteroatoms. The predicted molar refractivity (Wildman–Crippen MR) is 78.6 cm³/mol. The molecule has 2 heterocycles. The summed E-state index contributed by atoms with van der Waals surface area (Å²) >= 11 is 0. The van der Waals surface area contributed by atoms with Crippen LogP contribution in [0.15, 0.2) is 23.2 Å². The number of sulfonamides is 1. The molecular weight excluding hydrogens is 302 g/mol. The van der Waals surface area contributed by atoms with Crippen molar-refractivity contribution < 1.29 is 13.2 Å². The van der Waals surface area contributed by atoms with Gasteiger partial charge in [0.05, 0.1) is 13.3 Å². The first kappa shape index (κ1) is 17.2. The van der Waals surface area contributed by atoms with E-state index in [2.05, 4.69) is 4.98 Å². The fourth-order valence-corrected chi connectivity index (χ4v) is 4.05. The molecule has 0 aliphatic carbocycles. The van der Waals surface area contributed by atoms with Gasteiger partial charge in [0.1, 0.15) is 4.90 Å². The van der Waals surface area contributed by atoms with Crippen LogP contribution in [0, 0.1) is 5.92 Å². The molecule has 1 saturated heterocycles. The van der Waals surface area contributed by atoms with Gasteiger partial charge in [-0.05, 0) is 31.9 Å². The molecule has 0 amide bonds. The molecule has 0 bridgehead atoms. The summed E-state index contributed by atoms with van der Waals surface area (Å²) in [5.74, 6) is 0.629. The van der Waals surface area contributed by atoms with E-state index >= 15 is 0 Å². The zero-order chi connectivity index (χ0) is 14.0. The molecule has 20 heavy (non-hydrogen) atoms. The Labute approximate surface area is 125 Å². The van der Waals surface area contributed by atoms with Crippen molar-refractivity contribution in [3.05, 3.63) is 18.3 Å². The maximum absolute atomic E-state index is 12.5. The highest BCUT2D eigenvalue weighted by molar-refractivity contribution is 7.89. The van der Waals surface area contributed by atoms with Crippen molar-refractivity contribution in [1.29, 1.82) is 0 Å². The molecule has 1 aliphatic heterocycles. The van der Waals surface area contributed by atoms with Gasteiger partial charge in [0.15, 0.2) is 0 Å². The van der Waals surface area contributed by atoms with Gasteiger partial charge in [0.25, 0.3) is 0 Å². The summed E-state index contributed by atoms with van der Waals surface area (Å²) in [4.78, 5) is 4.14. The lowest BCUT2D eigenvalue weighted by molar-refractivity contribution is 0.394. The fraction of sp³-hybridized carbons (Fsp3) is 0.583. The first-order valence-corrected chi connectivity index (χ1v) is 7.65. The summed E-state index contributed by atoms with van der Waals surface area (Å²) in [6.07, 6.45) is 2.13. The van der Waals surface area contributed by atoms with Crippen LogP contribution in [0.3, 0.4) is 0 Å². The van der Waals surface area contributed by atoms with Crippen LogP contribution < -0.4 is 10.5 Å². The van der Waals surface area contributed by atoms with E-state index in [0.717, 1.165) is 6.42 Å². The van der Waals surface area contributed by atoms with E-state index in [4.69, 9.17) is 10.5 Å². The second-order valence-electron chi connectivity index (χ2n) is 4.80. The highest BCUT2D eigenvalue weighted by atomic mass is 35.5. The van der Waals surface area contributed by atoms with Crippen molar-refractivity contribution in [2.75, 3.05) is 20.2 Å². The van der Waals surface area contributed by atoms with E-state index in [1.165, 1.54) is 23.7 Å². The van der Waals surface area contributed by atoms with Crippen molar-refractivity contribution in [2.24, 2.45) is 11.7 Å². The van der Waals surface area contributed by atoms with E-state index in [9.17, 15) is 8.42 Å². The number of methoxy groups -OCH3 is 1. The Hall–Kier alpha value is -0.890. The van der Waals surface area contributed by atoms with Crippen molar-refractivity contribution in [3.63, 3.8) is 0 Å². The Kier molecular flexibility index (Phi) is 5.76. The minimum absolute atomic E-state index is 0. The number of rotatable bonds is 4. The van der Waals surface area contributed by atoms with Crippen LogP contribution in [-0.2, 0) is 10.0 Å². The van der Waals surface area contributed by atoms with Crippen molar-refractivity contribution in [3.8, 4) is 5.88 Å². The van der Waals surface area contributed by atoms with Gasteiger partial charge >= 0.3 is 0 Å². The number of nitrogens with two attached hydrogens (primary N) is 1. The summed E-state index contributed by atoms with van der Waals surface area (Å²) in [5.41, 5.74) is 5.63. The topological polar surface area (TPSA) is 85.5 Å². The van der Waals surface area contributed by atoms with E-state index in [1.54, 1.807) is 6.07 Å². The van der Waals surface area contributed by atoms with Gasteiger partial charge in [-0.2, -0.15) is 4.31 Å². The molecule has 1 aromatic heterocycles. The number of pyridine rings is 1. The quantitative estimate of drug-likeness (QED) is 0.889. The fourth-order valence-electron chi connectivity index (χ4n) is 2.39. The van der Waals surface area contributed by atoms with Crippen LogP contribution in [-0.4, -0.2) is 43.9 Å². The standard InChI is InChI=1S/C12H19N3O3S.ClH/c1-9-5-10(6-13)8-15(9)19(16,17)11-3-4-12(18-2)14-7-11;/h3-4,7,9-10H,5-6,8,13H2,1-2H3;1H. The monoisotopic (exact) mass is 321 g/mol. The Balaban J connectivity index is 0.00000200. The smallest absolute Gasteiger partial charge is 0.244 e.